The molecule has 0 bridgehead atoms. The minimum Gasteiger partial charge on any atom is -0.480 e. The second-order valence-electron chi connectivity index (χ2n) is 7.06. The van der Waals surface area contributed by atoms with E-state index in [4.69, 9.17) is 0 Å². The van der Waals surface area contributed by atoms with Gasteiger partial charge in [-0.15, -0.1) is 0 Å². The maximum atomic E-state index is 11.8. The van der Waals surface area contributed by atoms with Crippen LogP contribution in [0.25, 0.3) is 0 Å². The quantitative estimate of drug-likeness (QED) is 0.706. The van der Waals surface area contributed by atoms with Crippen LogP contribution in [0.2, 0.25) is 0 Å². The molecule has 1 aromatic carbocycles. The van der Waals surface area contributed by atoms with Crippen LogP contribution in [0, 0.1) is 5.41 Å². The molecule has 1 atom stereocenters. The molecular weight excluding hydrogens is 342 g/mol. The van der Waals surface area contributed by atoms with E-state index in [1.165, 1.54) is 7.05 Å². The number of likely N-dealkylation sites (tertiary alicyclic amines) is 1. The lowest BCUT2D eigenvalue weighted by atomic mass is 9.77. The summed E-state index contributed by atoms with van der Waals surface area (Å²) in [5.41, 5.74) is 1.01. The number of benzene rings is 1. The Morgan fingerprint density at radius 1 is 1.32 bits per heavy atom. The molecule has 1 aromatic rings. The van der Waals surface area contributed by atoms with Gasteiger partial charge in [-0.3, -0.25) is 9.69 Å². The number of carboxylic acids is 1. The van der Waals surface area contributed by atoms with Crippen molar-refractivity contribution in [3.8, 4) is 0 Å². The van der Waals surface area contributed by atoms with Crippen molar-refractivity contribution >= 4 is 16.0 Å². The van der Waals surface area contributed by atoms with Crippen molar-refractivity contribution in [1.82, 2.24) is 14.9 Å². The van der Waals surface area contributed by atoms with Gasteiger partial charge in [0.05, 0.1) is 4.90 Å². The predicted octanol–water partition coefficient (Wildman–Crippen LogP) is 0.623. The highest BCUT2D eigenvalue weighted by Gasteiger charge is 2.46. The molecule has 0 unspecified atom stereocenters. The molecule has 2 fully saturated rings. The number of carbonyl (C=O) groups is 1. The molecule has 8 heteroatoms. The highest BCUT2D eigenvalue weighted by atomic mass is 32.2. The van der Waals surface area contributed by atoms with E-state index in [-0.39, 0.29) is 10.3 Å². The normalized spacial score (nSPS) is 23.8. The summed E-state index contributed by atoms with van der Waals surface area (Å²) in [5.74, 6) is -0.773. The largest absolute Gasteiger partial charge is 0.480 e. The molecule has 7 nitrogen and oxygen atoms in total. The third-order valence-corrected chi connectivity index (χ3v) is 6.87. The second-order valence-corrected chi connectivity index (χ2v) is 8.95. The van der Waals surface area contributed by atoms with E-state index in [1.807, 2.05) is 4.90 Å². The minimum atomic E-state index is -3.45. The highest BCUT2D eigenvalue weighted by Crippen LogP contribution is 2.42. The molecule has 0 amide bonds. The summed E-state index contributed by atoms with van der Waals surface area (Å²) in [5, 5.41) is 13.0. The first-order valence-corrected chi connectivity index (χ1v) is 10.0. The molecule has 138 valence electrons. The first-order chi connectivity index (χ1) is 11.9. The highest BCUT2D eigenvalue weighted by molar-refractivity contribution is 7.89. The average Bonchev–Trinajstić information content (AvgIpc) is 2.94. The van der Waals surface area contributed by atoms with Crippen molar-refractivity contribution in [3.63, 3.8) is 0 Å². The monoisotopic (exact) mass is 367 g/mol. The van der Waals surface area contributed by atoms with Crippen LogP contribution in [0.1, 0.15) is 24.8 Å². The van der Waals surface area contributed by atoms with Gasteiger partial charge in [-0.25, -0.2) is 13.1 Å². The van der Waals surface area contributed by atoms with Crippen LogP contribution < -0.4 is 10.0 Å². The van der Waals surface area contributed by atoms with Crippen molar-refractivity contribution in [2.75, 3.05) is 26.7 Å². The van der Waals surface area contributed by atoms with Crippen molar-refractivity contribution in [2.24, 2.45) is 5.41 Å². The Balaban J connectivity index is 1.75. The van der Waals surface area contributed by atoms with Gasteiger partial charge < -0.3 is 10.4 Å². The summed E-state index contributed by atoms with van der Waals surface area (Å²) >= 11 is 0. The predicted molar refractivity (Wildman–Crippen MR) is 93.7 cm³/mol. The lowest BCUT2D eigenvalue weighted by Crippen LogP contribution is -2.38. The van der Waals surface area contributed by atoms with E-state index in [9.17, 15) is 18.3 Å². The van der Waals surface area contributed by atoms with E-state index in [2.05, 4.69) is 10.0 Å². The average molecular weight is 367 g/mol. The van der Waals surface area contributed by atoms with Crippen LogP contribution in [0.15, 0.2) is 29.2 Å². The summed E-state index contributed by atoms with van der Waals surface area (Å²) in [7, 11) is -2.07. The van der Waals surface area contributed by atoms with Gasteiger partial charge >= 0.3 is 5.97 Å². The van der Waals surface area contributed by atoms with Crippen molar-refractivity contribution in [2.45, 2.75) is 36.7 Å². The number of aliphatic carboxylic acids is 1. The van der Waals surface area contributed by atoms with Crippen LogP contribution >= 0.6 is 0 Å². The Morgan fingerprint density at radius 3 is 2.52 bits per heavy atom. The number of nitrogens with one attached hydrogen (secondary N) is 2. The Bertz CT molecular complexity index is 727. The summed E-state index contributed by atoms with van der Waals surface area (Å²) in [6.45, 7) is 3.18. The van der Waals surface area contributed by atoms with Gasteiger partial charge in [0, 0.05) is 13.1 Å². The van der Waals surface area contributed by atoms with Gasteiger partial charge in [-0.2, -0.15) is 0 Å². The molecule has 3 rings (SSSR count). The van der Waals surface area contributed by atoms with Crippen LogP contribution in [-0.4, -0.2) is 57.1 Å². The zero-order valence-corrected chi connectivity index (χ0v) is 15.2. The lowest BCUT2D eigenvalue weighted by molar-refractivity contribution is -0.142. The van der Waals surface area contributed by atoms with Crippen LogP contribution in [0.4, 0.5) is 0 Å². The van der Waals surface area contributed by atoms with Crippen LogP contribution in [0.3, 0.4) is 0 Å². The molecule has 0 radical (unpaired) electrons. The van der Waals surface area contributed by atoms with Gasteiger partial charge in [-0.05, 0) is 62.5 Å². The van der Waals surface area contributed by atoms with Crippen molar-refractivity contribution < 1.29 is 18.3 Å². The van der Waals surface area contributed by atoms with E-state index in [1.54, 1.807) is 24.3 Å². The molecule has 2 aliphatic rings. The van der Waals surface area contributed by atoms with Gasteiger partial charge in [0.1, 0.15) is 6.04 Å². The zero-order chi connectivity index (χ0) is 18.1. The summed E-state index contributed by atoms with van der Waals surface area (Å²) in [6, 6.07) is 6.17. The Labute approximate surface area is 148 Å². The first-order valence-electron chi connectivity index (χ1n) is 8.55. The number of nitrogens with zero attached hydrogens (tertiary/aromatic N) is 1. The zero-order valence-electron chi connectivity index (χ0n) is 14.4. The van der Waals surface area contributed by atoms with Crippen molar-refractivity contribution in [1.29, 1.82) is 0 Å². The van der Waals surface area contributed by atoms with E-state index in [0.717, 1.165) is 38.0 Å². The Morgan fingerprint density at radius 2 is 1.96 bits per heavy atom. The molecule has 2 heterocycles. The summed E-state index contributed by atoms with van der Waals surface area (Å²) in [6.07, 6.45) is 2.70. The fourth-order valence-corrected chi connectivity index (χ4v) is 4.73. The summed E-state index contributed by atoms with van der Waals surface area (Å²) < 4.78 is 25.9. The Kier molecular flexibility index (Phi) is 5.15. The summed E-state index contributed by atoms with van der Waals surface area (Å²) in [4.78, 5) is 13.9. The first kappa shape index (κ1) is 18.3. The maximum Gasteiger partial charge on any atom is 0.320 e. The van der Waals surface area contributed by atoms with E-state index in [0.29, 0.717) is 13.0 Å². The van der Waals surface area contributed by atoms with Gasteiger partial charge in [0.2, 0.25) is 10.0 Å². The number of piperidine rings is 1. The fourth-order valence-electron chi connectivity index (χ4n) is 4.00. The third kappa shape index (κ3) is 3.87. The van der Waals surface area contributed by atoms with E-state index >= 15 is 0 Å². The number of hydrogen-bond donors (Lipinski definition) is 3. The molecule has 25 heavy (non-hydrogen) atoms. The standard InChI is InChI=1S/C17H25N3O4S/c1-18-25(23,24)14-4-2-13(3-5-14)11-20-12-17(6-8-19-9-7-17)10-15(20)16(21)22/h2-5,15,18-19H,6-12H2,1H3,(H,21,22)/t15-/m1/s1. The lowest BCUT2D eigenvalue weighted by Gasteiger charge is -2.33. The fraction of sp³-hybridized carbons (Fsp3) is 0.588. The minimum absolute atomic E-state index is 0.0870. The van der Waals surface area contributed by atoms with Gasteiger partial charge in [0.15, 0.2) is 0 Å². The Hall–Kier alpha value is -1.48. The molecule has 0 aromatic heterocycles. The second kappa shape index (κ2) is 7.03. The maximum absolute atomic E-state index is 11.8. The SMILES string of the molecule is CNS(=O)(=O)c1ccc(CN2CC3(CCNCC3)C[C@@H]2C(=O)O)cc1. The molecule has 2 saturated heterocycles. The number of rotatable bonds is 5. The van der Waals surface area contributed by atoms with Crippen molar-refractivity contribution in [3.05, 3.63) is 29.8 Å². The van der Waals surface area contributed by atoms with E-state index < -0.39 is 22.0 Å². The number of hydrogen-bond acceptors (Lipinski definition) is 5. The van der Waals surface area contributed by atoms with Gasteiger partial charge in [-0.1, -0.05) is 12.1 Å². The topological polar surface area (TPSA) is 98.7 Å². The smallest absolute Gasteiger partial charge is 0.320 e. The molecule has 3 N–H and O–H groups in total. The molecular formula is C17H25N3O4S. The van der Waals surface area contributed by atoms with Crippen LogP contribution in [-0.2, 0) is 21.4 Å². The molecule has 0 saturated carbocycles. The molecule has 0 aliphatic carbocycles. The molecule has 2 aliphatic heterocycles. The van der Waals surface area contributed by atoms with Crippen LogP contribution in [0.5, 0.6) is 0 Å². The van der Waals surface area contributed by atoms with Gasteiger partial charge in [0.25, 0.3) is 0 Å². The third-order valence-electron chi connectivity index (χ3n) is 5.44. The molecule has 1 spiro atoms. The number of carboxylic acid groups (broad SMARTS) is 1. The number of sulfonamides is 1.